The highest BCUT2D eigenvalue weighted by atomic mass is 35.5. The van der Waals surface area contributed by atoms with E-state index in [1.165, 1.54) is 17.4 Å². The fraction of sp³-hybridized carbons (Fsp3) is 0.118. The Kier molecular flexibility index (Phi) is 5.53. The number of hydrogen-bond acceptors (Lipinski definition) is 4. The molecule has 0 aliphatic heterocycles. The first-order valence-electron chi connectivity index (χ1n) is 7.36. The Bertz CT molecular complexity index is 932. The summed E-state index contributed by atoms with van der Waals surface area (Å²) in [5.41, 5.74) is 1.78. The molecule has 1 aromatic carbocycles. The van der Waals surface area contributed by atoms with Crippen LogP contribution in [0.15, 0.2) is 42.9 Å². The van der Waals surface area contributed by atoms with Gasteiger partial charge in [-0.15, -0.1) is 11.3 Å². The van der Waals surface area contributed by atoms with Crippen LogP contribution in [0, 0.1) is 0 Å². The summed E-state index contributed by atoms with van der Waals surface area (Å²) in [6.07, 6.45) is 8.98. The molecule has 128 valence electrons. The molecule has 0 atom stereocenters. The van der Waals surface area contributed by atoms with E-state index in [4.69, 9.17) is 23.2 Å². The lowest BCUT2D eigenvalue weighted by Gasteiger charge is -2.03. The van der Waals surface area contributed by atoms with E-state index < -0.39 is 0 Å². The van der Waals surface area contributed by atoms with Crippen LogP contribution in [0.3, 0.4) is 0 Å². The molecule has 1 amide bonds. The first-order chi connectivity index (χ1) is 12.0. The lowest BCUT2D eigenvalue weighted by molar-refractivity contribution is -0.111. The average molecular weight is 393 g/mol. The first kappa shape index (κ1) is 17.7. The number of thiazole rings is 1. The second-order valence-corrected chi connectivity index (χ2v) is 7.19. The molecule has 0 aliphatic rings. The third-order valence-electron chi connectivity index (χ3n) is 3.33. The lowest BCUT2D eigenvalue weighted by Crippen LogP contribution is -2.06. The van der Waals surface area contributed by atoms with Gasteiger partial charge in [-0.05, 0) is 17.7 Å². The maximum atomic E-state index is 12.0. The Hall–Kier alpha value is -2.15. The van der Waals surface area contributed by atoms with Crippen molar-refractivity contribution in [1.82, 2.24) is 14.8 Å². The minimum Gasteiger partial charge on any atom is -0.298 e. The van der Waals surface area contributed by atoms with Crippen molar-refractivity contribution in [2.75, 3.05) is 5.32 Å². The number of nitrogens with zero attached hydrogens (tertiary/aromatic N) is 3. The summed E-state index contributed by atoms with van der Waals surface area (Å²) >= 11 is 13.6. The van der Waals surface area contributed by atoms with Crippen molar-refractivity contribution in [2.45, 2.75) is 6.42 Å². The molecule has 3 rings (SSSR count). The van der Waals surface area contributed by atoms with Crippen LogP contribution >= 0.6 is 34.5 Å². The molecule has 25 heavy (non-hydrogen) atoms. The van der Waals surface area contributed by atoms with Gasteiger partial charge in [0.25, 0.3) is 0 Å². The zero-order valence-electron chi connectivity index (χ0n) is 13.2. The van der Waals surface area contributed by atoms with E-state index in [-0.39, 0.29) is 5.91 Å². The monoisotopic (exact) mass is 392 g/mol. The minimum absolute atomic E-state index is 0.245. The van der Waals surface area contributed by atoms with Crippen molar-refractivity contribution in [1.29, 1.82) is 0 Å². The van der Waals surface area contributed by atoms with Gasteiger partial charge in [0.05, 0.1) is 16.2 Å². The van der Waals surface area contributed by atoms with Crippen LogP contribution in [0.25, 0.3) is 6.08 Å². The average Bonchev–Trinajstić information content (AvgIpc) is 3.19. The van der Waals surface area contributed by atoms with Crippen LogP contribution in [0.5, 0.6) is 0 Å². The van der Waals surface area contributed by atoms with Crippen LogP contribution in [0.1, 0.15) is 16.0 Å². The lowest BCUT2D eigenvalue weighted by atomic mass is 10.1. The summed E-state index contributed by atoms with van der Waals surface area (Å²) in [5.74, 6) is -0.245. The topological polar surface area (TPSA) is 59.8 Å². The summed E-state index contributed by atoms with van der Waals surface area (Å²) < 4.78 is 1.67. The molecule has 0 aliphatic carbocycles. The molecule has 0 saturated carbocycles. The van der Waals surface area contributed by atoms with E-state index in [1.807, 2.05) is 25.4 Å². The highest BCUT2D eigenvalue weighted by Gasteiger charge is 2.09. The van der Waals surface area contributed by atoms with E-state index >= 15 is 0 Å². The van der Waals surface area contributed by atoms with Gasteiger partial charge in [-0.1, -0.05) is 35.3 Å². The molecule has 8 heteroatoms. The zero-order chi connectivity index (χ0) is 17.8. The van der Waals surface area contributed by atoms with Crippen LogP contribution in [-0.2, 0) is 18.3 Å². The summed E-state index contributed by atoms with van der Waals surface area (Å²) in [6, 6.07) is 5.53. The van der Waals surface area contributed by atoms with Gasteiger partial charge in [-0.2, -0.15) is 5.10 Å². The number of rotatable bonds is 5. The van der Waals surface area contributed by atoms with Gasteiger partial charge < -0.3 is 0 Å². The number of carbonyl (C=O) groups excluding carboxylic acids is 1. The van der Waals surface area contributed by atoms with Crippen LogP contribution < -0.4 is 5.32 Å². The number of benzene rings is 1. The third-order valence-corrected chi connectivity index (χ3v) is 5.10. The van der Waals surface area contributed by atoms with E-state index in [1.54, 1.807) is 29.2 Å². The second kappa shape index (κ2) is 7.82. The van der Waals surface area contributed by atoms with Gasteiger partial charge in [0.15, 0.2) is 5.13 Å². The van der Waals surface area contributed by atoms with Crippen molar-refractivity contribution >= 4 is 51.7 Å². The summed E-state index contributed by atoms with van der Waals surface area (Å²) in [4.78, 5) is 17.2. The summed E-state index contributed by atoms with van der Waals surface area (Å²) in [7, 11) is 1.82. The number of amides is 1. The van der Waals surface area contributed by atoms with Gasteiger partial charge in [0.2, 0.25) is 5.91 Å². The predicted octanol–water partition coefficient (Wildman–Crippen LogP) is 4.43. The zero-order valence-corrected chi connectivity index (χ0v) is 15.6. The maximum Gasteiger partial charge on any atom is 0.250 e. The molecule has 0 spiro atoms. The van der Waals surface area contributed by atoms with E-state index in [2.05, 4.69) is 15.4 Å². The number of anilines is 1. The van der Waals surface area contributed by atoms with Crippen LogP contribution in [-0.4, -0.2) is 20.7 Å². The maximum absolute atomic E-state index is 12.0. The number of aryl methyl sites for hydroxylation is 1. The molecule has 0 bridgehead atoms. The van der Waals surface area contributed by atoms with Crippen molar-refractivity contribution in [3.8, 4) is 0 Å². The van der Waals surface area contributed by atoms with Gasteiger partial charge >= 0.3 is 0 Å². The van der Waals surface area contributed by atoms with E-state index in [9.17, 15) is 4.79 Å². The standard InChI is InChI=1S/C17H14Cl2N4OS/c1-23-10-11(8-21-23)5-6-15(24)22-17-20-9-13(25-17)7-12-3-2-4-14(18)16(12)19/h2-6,8-10H,7H2,1H3,(H,20,22,24)/b6-5+. The smallest absolute Gasteiger partial charge is 0.250 e. The quantitative estimate of drug-likeness (QED) is 0.653. The first-order valence-corrected chi connectivity index (χ1v) is 8.94. The fourth-order valence-electron chi connectivity index (χ4n) is 2.16. The number of hydrogen-bond donors (Lipinski definition) is 1. The molecular weight excluding hydrogens is 379 g/mol. The second-order valence-electron chi connectivity index (χ2n) is 5.29. The third kappa shape index (κ3) is 4.69. The predicted molar refractivity (Wildman–Crippen MR) is 102 cm³/mol. The van der Waals surface area contributed by atoms with Gasteiger partial charge in [-0.3, -0.25) is 14.8 Å². The largest absolute Gasteiger partial charge is 0.298 e. The number of carbonyl (C=O) groups is 1. The highest BCUT2D eigenvalue weighted by Crippen LogP contribution is 2.29. The van der Waals surface area contributed by atoms with E-state index in [0.717, 1.165) is 16.0 Å². The Balaban J connectivity index is 1.62. The van der Waals surface area contributed by atoms with Gasteiger partial charge in [-0.25, -0.2) is 4.98 Å². The molecule has 2 aromatic heterocycles. The van der Waals surface area contributed by atoms with Crippen LogP contribution in [0.2, 0.25) is 10.0 Å². The van der Waals surface area contributed by atoms with E-state index in [0.29, 0.717) is 21.6 Å². The van der Waals surface area contributed by atoms with Crippen LogP contribution in [0.4, 0.5) is 5.13 Å². The Morgan fingerprint density at radius 2 is 2.20 bits per heavy atom. The SMILES string of the molecule is Cn1cc(/C=C/C(=O)Nc2ncc(Cc3cccc(Cl)c3Cl)s2)cn1. The van der Waals surface area contributed by atoms with Gasteiger partial charge in [0.1, 0.15) is 0 Å². The Labute approximate surface area is 158 Å². The fourth-order valence-corrected chi connectivity index (χ4v) is 3.39. The molecule has 0 unspecified atom stereocenters. The Morgan fingerprint density at radius 3 is 2.96 bits per heavy atom. The molecule has 5 nitrogen and oxygen atoms in total. The van der Waals surface area contributed by atoms with Crippen molar-refractivity contribution < 1.29 is 4.79 Å². The number of aromatic nitrogens is 3. The highest BCUT2D eigenvalue weighted by molar-refractivity contribution is 7.15. The Morgan fingerprint density at radius 1 is 1.36 bits per heavy atom. The molecule has 1 N–H and O–H groups in total. The number of halogens is 2. The molecule has 0 saturated heterocycles. The van der Waals surface area contributed by atoms with Gasteiger partial charge in [0, 0.05) is 42.4 Å². The molecular formula is C17H14Cl2N4OS. The van der Waals surface area contributed by atoms with Crippen molar-refractivity contribution in [3.05, 3.63) is 68.9 Å². The normalized spacial score (nSPS) is 11.2. The number of nitrogens with one attached hydrogen (secondary N) is 1. The summed E-state index contributed by atoms with van der Waals surface area (Å²) in [5, 5.41) is 8.39. The van der Waals surface area contributed by atoms with Crippen molar-refractivity contribution in [2.24, 2.45) is 7.05 Å². The summed E-state index contributed by atoms with van der Waals surface area (Å²) in [6.45, 7) is 0. The minimum atomic E-state index is -0.245. The van der Waals surface area contributed by atoms with Crippen molar-refractivity contribution in [3.63, 3.8) is 0 Å². The molecule has 0 radical (unpaired) electrons. The molecule has 3 aromatic rings. The molecule has 0 fully saturated rings. The molecule has 2 heterocycles.